The molecule has 1 saturated heterocycles. The lowest BCUT2D eigenvalue weighted by molar-refractivity contribution is -0.134. The van der Waals surface area contributed by atoms with Crippen molar-refractivity contribution in [3.05, 3.63) is 47.0 Å². The topological polar surface area (TPSA) is 107 Å². The number of aliphatic hydroxyl groups is 1. The zero-order valence-electron chi connectivity index (χ0n) is 12.9. The van der Waals surface area contributed by atoms with E-state index in [-0.39, 0.29) is 11.6 Å². The SMILES string of the molecule is CC1(C)C[C@H](C(O)c2cccc(Cl)c2)N1.O=C(O)/C=C\C(=O)O. The second-order valence-corrected chi connectivity index (χ2v) is 6.28. The number of hydrogen-bond acceptors (Lipinski definition) is 4. The van der Waals surface area contributed by atoms with E-state index in [4.69, 9.17) is 21.8 Å². The monoisotopic (exact) mass is 341 g/mol. The van der Waals surface area contributed by atoms with Gasteiger partial charge in [0, 0.05) is 28.8 Å². The minimum absolute atomic E-state index is 0.151. The van der Waals surface area contributed by atoms with Gasteiger partial charge in [-0.3, -0.25) is 0 Å². The largest absolute Gasteiger partial charge is 0.478 e. The van der Waals surface area contributed by atoms with Gasteiger partial charge in [-0.15, -0.1) is 0 Å². The molecular weight excluding hydrogens is 322 g/mol. The molecule has 0 saturated carbocycles. The summed E-state index contributed by atoms with van der Waals surface area (Å²) in [4.78, 5) is 19.1. The number of rotatable bonds is 4. The fourth-order valence-corrected chi connectivity index (χ4v) is 2.49. The molecule has 2 rings (SSSR count). The highest BCUT2D eigenvalue weighted by Gasteiger charge is 2.39. The van der Waals surface area contributed by atoms with E-state index in [2.05, 4.69) is 19.2 Å². The lowest BCUT2D eigenvalue weighted by atomic mass is 9.81. The summed E-state index contributed by atoms with van der Waals surface area (Å²) in [5.41, 5.74) is 1.04. The quantitative estimate of drug-likeness (QED) is 0.626. The first-order valence-electron chi connectivity index (χ1n) is 6.96. The van der Waals surface area contributed by atoms with E-state index in [9.17, 15) is 14.7 Å². The van der Waals surface area contributed by atoms with E-state index in [1.165, 1.54) is 0 Å². The summed E-state index contributed by atoms with van der Waals surface area (Å²) in [6, 6.07) is 7.56. The van der Waals surface area contributed by atoms with Crippen LogP contribution in [0.4, 0.5) is 0 Å². The van der Waals surface area contributed by atoms with Gasteiger partial charge in [-0.05, 0) is 38.0 Å². The Morgan fingerprint density at radius 1 is 1.30 bits per heavy atom. The Balaban J connectivity index is 0.000000284. The van der Waals surface area contributed by atoms with E-state index >= 15 is 0 Å². The molecular formula is C16H20ClNO5. The van der Waals surface area contributed by atoms with Crippen molar-refractivity contribution in [2.24, 2.45) is 0 Å². The second-order valence-electron chi connectivity index (χ2n) is 5.85. The van der Waals surface area contributed by atoms with Crippen molar-refractivity contribution in [2.45, 2.75) is 38.0 Å². The number of benzene rings is 1. The molecule has 0 aromatic heterocycles. The molecule has 6 nitrogen and oxygen atoms in total. The summed E-state index contributed by atoms with van der Waals surface area (Å²) in [6.45, 7) is 4.27. The van der Waals surface area contributed by atoms with Crippen LogP contribution in [0.1, 0.15) is 31.9 Å². The number of nitrogens with one attached hydrogen (secondary N) is 1. The van der Waals surface area contributed by atoms with E-state index in [0.717, 1.165) is 12.0 Å². The first-order chi connectivity index (χ1) is 10.6. The summed E-state index contributed by atoms with van der Waals surface area (Å²) in [6.07, 6.45) is 1.64. The highest BCUT2D eigenvalue weighted by atomic mass is 35.5. The molecule has 1 fully saturated rings. The molecule has 1 aromatic carbocycles. The summed E-state index contributed by atoms with van der Waals surface area (Å²) in [5, 5.41) is 29.7. The minimum Gasteiger partial charge on any atom is -0.478 e. The average molecular weight is 342 g/mol. The van der Waals surface area contributed by atoms with Crippen molar-refractivity contribution in [2.75, 3.05) is 0 Å². The van der Waals surface area contributed by atoms with Crippen LogP contribution in [-0.4, -0.2) is 38.8 Å². The van der Waals surface area contributed by atoms with Crippen LogP contribution in [0.3, 0.4) is 0 Å². The summed E-state index contributed by atoms with van der Waals surface area (Å²) < 4.78 is 0. The molecule has 1 aromatic rings. The zero-order valence-corrected chi connectivity index (χ0v) is 13.6. The predicted octanol–water partition coefficient (Wildman–Crippen LogP) is 2.23. The van der Waals surface area contributed by atoms with Gasteiger partial charge in [-0.25, -0.2) is 9.59 Å². The minimum atomic E-state index is -1.26. The summed E-state index contributed by atoms with van der Waals surface area (Å²) in [7, 11) is 0. The smallest absolute Gasteiger partial charge is 0.328 e. The number of aliphatic hydroxyl groups excluding tert-OH is 1. The Bertz CT molecular complexity index is 576. The molecule has 1 aliphatic heterocycles. The van der Waals surface area contributed by atoms with E-state index in [1.54, 1.807) is 0 Å². The van der Waals surface area contributed by atoms with Crippen LogP contribution in [0.2, 0.25) is 5.02 Å². The third-order valence-electron chi connectivity index (χ3n) is 3.25. The number of hydrogen-bond donors (Lipinski definition) is 4. The number of carboxylic acid groups (broad SMARTS) is 2. The normalized spacial score (nSPS) is 20.1. The van der Waals surface area contributed by atoms with E-state index in [0.29, 0.717) is 17.2 Å². The van der Waals surface area contributed by atoms with E-state index < -0.39 is 18.0 Å². The third kappa shape index (κ3) is 6.81. The van der Waals surface area contributed by atoms with Gasteiger partial charge in [0.25, 0.3) is 0 Å². The number of carboxylic acids is 2. The molecule has 2 atom stereocenters. The second kappa shape index (κ2) is 8.10. The lowest BCUT2D eigenvalue weighted by Gasteiger charge is -2.46. The van der Waals surface area contributed by atoms with Crippen molar-refractivity contribution in [1.82, 2.24) is 5.32 Å². The van der Waals surface area contributed by atoms with Gasteiger partial charge in [0.05, 0.1) is 6.10 Å². The van der Waals surface area contributed by atoms with Gasteiger partial charge in [0.1, 0.15) is 0 Å². The maximum atomic E-state index is 10.1. The van der Waals surface area contributed by atoms with Crippen LogP contribution in [0.15, 0.2) is 36.4 Å². The molecule has 4 N–H and O–H groups in total. The highest BCUT2D eigenvalue weighted by molar-refractivity contribution is 6.30. The maximum absolute atomic E-state index is 10.1. The van der Waals surface area contributed by atoms with Crippen LogP contribution in [0.5, 0.6) is 0 Å². The maximum Gasteiger partial charge on any atom is 0.328 e. The van der Waals surface area contributed by atoms with Gasteiger partial charge in [-0.2, -0.15) is 0 Å². The molecule has 0 radical (unpaired) electrons. The summed E-state index contributed by atoms with van der Waals surface area (Å²) >= 11 is 5.88. The Hall–Kier alpha value is -1.89. The Morgan fingerprint density at radius 2 is 1.83 bits per heavy atom. The van der Waals surface area contributed by atoms with Crippen LogP contribution < -0.4 is 5.32 Å². The Labute approximate surface area is 139 Å². The third-order valence-corrected chi connectivity index (χ3v) is 3.48. The number of halogens is 1. The first kappa shape index (κ1) is 19.2. The van der Waals surface area contributed by atoms with Crippen molar-refractivity contribution < 1.29 is 24.9 Å². The molecule has 1 unspecified atom stereocenters. The number of aliphatic carboxylic acids is 2. The standard InChI is InChI=1S/C12H16ClNO.C4H4O4/c1-12(2)7-10(14-12)11(15)8-4-3-5-9(13)6-8;5-3(6)1-2-4(7)8/h3-6,10-11,14-15H,7H2,1-2H3;1-2H,(H,5,6)(H,7,8)/b;2-1-/t10-,11?;/m1./s1. The Morgan fingerprint density at radius 3 is 2.22 bits per heavy atom. The number of carbonyl (C=O) groups is 2. The van der Waals surface area contributed by atoms with Crippen molar-refractivity contribution in [1.29, 1.82) is 0 Å². The van der Waals surface area contributed by atoms with Gasteiger partial charge in [0.2, 0.25) is 0 Å². The summed E-state index contributed by atoms with van der Waals surface area (Å²) in [5.74, 6) is -2.51. The molecule has 0 amide bonds. The molecule has 0 spiro atoms. The molecule has 1 aliphatic rings. The highest BCUT2D eigenvalue weighted by Crippen LogP contribution is 2.32. The van der Waals surface area contributed by atoms with Gasteiger partial charge in [0.15, 0.2) is 0 Å². The van der Waals surface area contributed by atoms with Gasteiger partial charge in [-0.1, -0.05) is 23.7 Å². The van der Waals surface area contributed by atoms with E-state index in [1.807, 2.05) is 24.3 Å². The molecule has 23 heavy (non-hydrogen) atoms. The van der Waals surface area contributed by atoms with Crippen LogP contribution in [0.25, 0.3) is 0 Å². The Kier molecular flexibility index (Phi) is 6.75. The first-order valence-corrected chi connectivity index (χ1v) is 7.34. The van der Waals surface area contributed by atoms with Gasteiger partial charge >= 0.3 is 11.9 Å². The van der Waals surface area contributed by atoms with Crippen LogP contribution >= 0.6 is 11.6 Å². The van der Waals surface area contributed by atoms with Crippen LogP contribution in [-0.2, 0) is 9.59 Å². The fraction of sp³-hybridized carbons (Fsp3) is 0.375. The average Bonchev–Trinajstić information content (AvgIpc) is 2.42. The van der Waals surface area contributed by atoms with Gasteiger partial charge < -0.3 is 20.6 Å². The van der Waals surface area contributed by atoms with Crippen molar-refractivity contribution in [3.8, 4) is 0 Å². The lowest BCUT2D eigenvalue weighted by Crippen LogP contribution is -2.61. The molecule has 0 aliphatic carbocycles. The molecule has 0 bridgehead atoms. The van der Waals surface area contributed by atoms with Crippen molar-refractivity contribution in [3.63, 3.8) is 0 Å². The van der Waals surface area contributed by atoms with Crippen LogP contribution in [0, 0.1) is 0 Å². The molecule has 1 heterocycles. The molecule has 126 valence electrons. The van der Waals surface area contributed by atoms with Crippen molar-refractivity contribution >= 4 is 23.5 Å². The predicted molar refractivity (Wildman–Crippen MR) is 86.4 cm³/mol. The fourth-order valence-electron chi connectivity index (χ4n) is 2.29. The zero-order chi connectivity index (χ0) is 17.6. The molecule has 7 heteroatoms.